The SMILES string of the molecule is CCCCCCCN=c1oc(=O)n(CCCCCCN=C=O)c(=O)n1CCCCCCOC#N. The summed E-state index contributed by atoms with van der Waals surface area (Å²) in [4.78, 5) is 43.6. The molecule has 1 heterocycles. The van der Waals surface area contributed by atoms with Crippen LogP contribution in [-0.4, -0.2) is 34.9 Å². The molecule has 0 aliphatic rings. The third-order valence-corrected chi connectivity index (χ3v) is 5.51. The van der Waals surface area contributed by atoms with E-state index in [0.29, 0.717) is 32.7 Å². The van der Waals surface area contributed by atoms with E-state index < -0.39 is 5.76 Å². The first-order valence-electron chi connectivity index (χ1n) is 12.6. The maximum atomic E-state index is 13.1. The third-order valence-electron chi connectivity index (χ3n) is 5.51. The van der Waals surface area contributed by atoms with Crippen molar-refractivity contribution in [2.45, 2.75) is 103 Å². The lowest BCUT2D eigenvalue weighted by Gasteiger charge is -2.10. The summed E-state index contributed by atoms with van der Waals surface area (Å²) in [6.45, 7) is 4.22. The molecule has 10 heteroatoms. The van der Waals surface area contributed by atoms with E-state index in [1.165, 1.54) is 23.5 Å². The first kappa shape index (κ1) is 29.1. The smallest absolute Gasteiger partial charge is 0.425 e. The van der Waals surface area contributed by atoms with Crippen molar-refractivity contribution >= 4 is 6.08 Å². The molecule has 0 N–H and O–H groups in total. The second-order valence-electron chi connectivity index (χ2n) is 8.27. The molecule has 0 atom stereocenters. The molecule has 0 amide bonds. The largest absolute Gasteiger partial charge is 0.428 e. The van der Waals surface area contributed by atoms with Crippen LogP contribution < -0.4 is 17.1 Å². The van der Waals surface area contributed by atoms with Crippen molar-refractivity contribution in [1.82, 2.24) is 9.13 Å². The third kappa shape index (κ3) is 12.4. The van der Waals surface area contributed by atoms with Crippen LogP contribution in [0.25, 0.3) is 0 Å². The Morgan fingerprint density at radius 1 is 0.853 bits per heavy atom. The van der Waals surface area contributed by atoms with Gasteiger partial charge in [0.1, 0.15) is 6.61 Å². The number of hydrogen-bond donors (Lipinski definition) is 0. The van der Waals surface area contributed by atoms with Crippen LogP contribution in [0.4, 0.5) is 0 Å². The van der Waals surface area contributed by atoms with E-state index in [9.17, 15) is 14.4 Å². The van der Waals surface area contributed by atoms with Crippen molar-refractivity contribution in [3.8, 4) is 6.26 Å². The van der Waals surface area contributed by atoms with Gasteiger partial charge in [0, 0.05) is 19.6 Å². The Hall–Kier alpha value is -2.92. The zero-order valence-corrected chi connectivity index (χ0v) is 20.5. The monoisotopic (exact) mass is 477 g/mol. The van der Waals surface area contributed by atoms with Crippen LogP contribution in [0.5, 0.6) is 0 Å². The van der Waals surface area contributed by atoms with Crippen molar-refractivity contribution in [3.63, 3.8) is 0 Å². The van der Waals surface area contributed by atoms with Crippen LogP contribution in [0.2, 0.25) is 0 Å². The van der Waals surface area contributed by atoms with Gasteiger partial charge in [0.2, 0.25) is 6.08 Å². The summed E-state index contributed by atoms with van der Waals surface area (Å²) in [6.07, 6.45) is 15.0. The first-order valence-corrected chi connectivity index (χ1v) is 12.6. The zero-order chi connectivity index (χ0) is 24.9. The molecule has 1 aromatic rings. The predicted molar refractivity (Wildman–Crippen MR) is 128 cm³/mol. The zero-order valence-electron chi connectivity index (χ0n) is 20.5. The van der Waals surface area contributed by atoms with Crippen LogP contribution >= 0.6 is 0 Å². The van der Waals surface area contributed by atoms with E-state index in [-0.39, 0.29) is 17.9 Å². The fraction of sp³-hybridized carbons (Fsp3) is 0.792. The van der Waals surface area contributed by atoms with Gasteiger partial charge in [0.15, 0.2) is 0 Å². The van der Waals surface area contributed by atoms with Crippen LogP contribution in [0.15, 0.2) is 24.0 Å². The van der Waals surface area contributed by atoms with Crippen molar-refractivity contribution < 1.29 is 13.9 Å². The molecule has 0 saturated carbocycles. The Kier molecular flexibility index (Phi) is 16.7. The van der Waals surface area contributed by atoms with E-state index >= 15 is 0 Å². The van der Waals surface area contributed by atoms with Crippen molar-refractivity contribution in [2.75, 3.05) is 19.7 Å². The van der Waals surface area contributed by atoms with E-state index in [1.54, 1.807) is 6.26 Å². The predicted octanol–water partition coefficient (Wildman–Crippen LogP) is 3.43. The van der Waals surface area contributed by atoms with Gasteiger partial charge in [0.05, 0.1) is 6.54 Å². The van der Waals surface area contributed by atoms with E-state index in [4.69, 9.17) is 9.68 Å². The summed E-state index contributed by atoms with van der Waals surface area (Å²) in [5.41, 5.74) is -0.291. The van der Waals surface area contributed by atoms with Gasteiger partial charge in [-0.05, 0) is 38.5 Å². The molecule has 0 aliphatic heterocycles. The summed E-state index contributed by atoms with van der Waals surface area (Å²) >= 11 is 0. The second kappa shape index (κ2) is 19.5. The maximum Gasteiger partial charge on any atom is 0.425 e. The lowest BCUT2D eigenvalue weighted by molar-refractivity contribution is 0.258. The molecule has 0 aromatic carbocycles. The highest BCUT2D eigenvalue weighted by Gasteiger charge is 2.11. The number of aromatic nitrogens is 2. The average Bonchev–Trinajstić information content (AvgIpc) is 2.83. The van der Waals surface area contributed by atoms with Gasteiger partial charge >= 0.3 is 17.1 Å². The lowest BCUT2D eigenvalue weighted by Crippen LogP contribution is -2.47. The van der Waals surface area contributed by atoms with Crippen molar-refractivity contribution in [1.29, 1.82) is 5.26 Å². The fourth-order valence-electron chi connectivity index (χ4n) is 3.58. The molecular weight excluding hydrogens is 438 g/mol. The molecule has 0 fully saturated rings. The Labute approximate surface area is 201 Å². The van der Waals surface area contributed by atoms with Crippen molar-refractivity contribution in [3.05, 3.63) is 26.7 Å². The van der Waals surface area contributed by atoms with Gasteiger partial charge in [0.25, 0.3) is 6.26 Å². The van der Waals surface area contributed by atoms with Crippen LogP contribution in [0.3, 0.4) is 0 Å². The molecule has 0 saturated heterocycles. The summed E-state index contributed by atoms with van der Waals surface area (Å²) in [5, 5.41) is 8.41. The van der Waals surface area contributed by atoms with E-state index in [0.717, 1.165) is 68.8 Å². The van der Waals surface area contributed by atoms with Crippen LogP contribution in [0.1, 0.15) is 90.4 Å². The number of rotatable bonds is 20. The molecule has 1 aromatic heterocycles. The Bertz CT molecular complexity index is 950. The fourth-order valence-corrected chi connectivity index (χ4v) is 3.58. The molecule has 34 heavy (non-hydrogen) atoms. The highest BCUT2D eigenvalue weighted by atomic mass is 16.5. The molecular formula is C24H39N5O5. The summed E-state index contributed by atoms with van der Waals surface area (Å²) in [5.74, 6) is -0.676. The molecule has 1 rings (SSSR count). The van der Waals surface area contributed by atoms with Gasteiger partial charge in [-0.2, -0.15) is 5.26 Å². The minimum atomic E-state index is -0.676. The molecule has 0 spiro atoms. The highest BCUT2D eigenvalue weighted by molar-refractivity contribution is 5.32. The van der Waals surface area contributed by atoms with Gasteiger partial charge < -0.3 is 9.15 Å². The Morgan fingerprint density at radius 2 is 1.47 bits per heavy atom. The number of isocyanates is 1. The number of hydrogen-bond acceptors (Lipinski definition) is 8. The Balaban J connectivity index is 2.82. The van der Waals surface area contributed by atoms with E-state index in [1.807, 2.05) is 0 Å². The average molecular weight is 478 g/mol. The number of unbranched alkanes of at least 4 members (excludes halogenated alkanes) is 10. The molecule has 10 nitrogen and oxygen atoms in total. The minimum absolute atomic E-state index is 0.0984. The van der Waals surface area contributed by atoms with Crippen LogP contribution in [-0.2, 0) is 22.6 Å². The van der Waals surface area contributed by atoms with Gasteiger partial charge in [-0.25, -0.2) is 33.5 Å². The molecule has 0 radical (unpaired) electrons. The number of ether oxygens (including phenoxy) is 1. The molecule has 0 unspecified atom stereocenters. The number of nitriles is 1. The van der Waals surface area contributed by atoms with Crippen molar-refractivity contribution in [2.24, 2.45) is 9.98 Å². The standard InChI is InChI=1S/C24H39N5O5/c1-2-3-4-5-11-16-27-22-28(17-12-8-9-14-19-33-20-25)23(31)29(24(32)34-22)18-13-7-6-10-15-26-21-30/h2-19H2,1H3. The van der Waals surface area contributed by atoms with Gasteiger partial charge in [-0.15, -0.1) is 0 Å². The second-order valence-corrected chi connectivity index (χ2v) is 8.27. The highest BCUT2D eigenvalue weighted by Crippen LogP contribution is 2.03. The number of carbonyl (C=O) groups excluding carboxylic acids is 1. The number of nitrogens with zero attached hydrogens (tertiary/aromatic N) is 5. The molecule has 0 aliphatic carbocycles. The lowest BCUT2D eigenvalue weighted by atomic mass is 10.2. The summed E-state index contributed by atoms with van der Waals surface area (Å²) in [6, 6.07) is 0. The van der Waals surface area contributed by atoms with Crippen LogP contribution in [0, 0.1) is 11.5 Å². The Morgan fingerprint density at radius 3 is 2.15 bits per heavy atom. The summed E-state index contributed by atoms with van der Waals surface area (Å²) < 4.78 is 12.8. The maximum absolute atomic E-state index is 13.1. The quantitative estimate of drug-likeness (QED) is 0.122. The van der Waals surface area contributed by atoms with E-state index in [2.05, 4.69) is 21.6 Å². The van der Waals surface area contributed by atoms with Gasteiger partial charge in [-0.1, -0.05) is 51.9 Å². The topological polar surface area (TPSA) is 132 Å². The summed E-state index contributed by atoms with van der Waals surface area (Å²) in [7, 11) is 0. The normalized spacial score (nSPS) is 11.2. The number of aliphatic imine (C=N–C) groups is 1. The van der Waals surface area contributed by atoms with Gasteiger partial charge in [-0.3, -0.25) is 0 Å². The minimum Gasteiger partial charge on any atom is -0.428 e. The molecule has 190 valence electrons. The molecule has 0 bridgehead atoms. The first-order chi connectivity index (χ1) is 16.7.